The zero-order chi connectivity index (χ0) is 24.1. The Morgan fingerprint density at radius 3 is 2.47 bits per heavy atom. The van der Waals surface area contributed by atoms with Crippen molar-refractivity contribution in [3.8, 4) is 6.01 Å². The minimum atomic E-state index is -5.65. The van der Waals surface area contributed by atoms with Gasteiger partial charge in [-0.05, 0) is 6.92 Å². The predicted octanol–water partition coefficient (Wildman–Crippen LogP) is -0.875. The summed E-state index contributed by atoms with van der Waals surface area (Å²) in [6, 6.07) is -0.673. The number of rotatable bonds is 8. The molecule has 0 aliphatic carbocycles. The lowest BCUT2D eigenvalue weighted by Gasteiger charge is -2.20. The lowest BCUT2D eigenvalue weighted by Crippen LogP contribution is -2.24. The van der Waals surface area contributed by atoms with Crippen molar-refractivity contribution in [2.45, 2.75) is 32.0 Å². The van der Waals surface area contributed by atoms with E-state index in [2.05, 4.69) is 23.6 Å². The van der Waals surface area contributed by atoms with Gasteiger partial charge in [0.2, 0.25) is 0 Å². The molecule has 2 aromatic rings. The SMILES string of the molecule is Cc1nc2c(nc(O)n2[C@H]2C[C@@H](O)[C@@H](OCP(=O)(O)OP(=O)(O)OP(=O)(O)O)O2)c(=O)[nH]1. The average molecular weight is 522 g/mol. The van der Waals surface area contributed by atoms with Crippen LogP contribution in [0.5, 0.6) is 6.01 Å². The van der Waals surface area contributed by atoms with E-state index in [1.54, 1.807) is 0 Å². The van der Waals surface area contributed by atoms with E-state index >= 15 is 0 Å². The van der Waals surface area contributed by atoms with Crippen LogP contribution in [0.15, 0.2) is 4.79 Å². The molecule has 2 unspecified atom stereocenters. The van der Waals surface area contributed by atoms with Crippen LogP contribution in [-0.4, -0.2) is 68.0 Å². The Morgan fingerprint density at radius 2 is 1.84 bits per heavy atom. The lowest BCUT2D eigenvalue weighted by atomic mass is 10.2. The Morgan fingerprint density at radius 1 is 1.19 bits per heavy atom. The summed E-state index contributed by atoms with van der Waals surface area (Å²) in [5.41, 5.74) is -0.932. The van der Waals surface area contributed by atoms with Gasteiger partial charge in [0.1, 0.15) is 18.2 Å². The first-order valence-electron chi connectivity index (χ1n) is 8.33. The zero-order valence-corrected chi connectivity index (χ0v) is 18.5. The number of aromatic hydroxyl groups is 1. The fourth-order valence-electron chi connectivity index (χ4n) is 2.78. The van der Waals surface area contributed by atoms with Crippen molar-refractivity contribution in [1.82, 2.24) is 19.5 Å². The number of aryl methyl sites for hydroxylation is 1. The molecule has 0 radical (unpaired) electrons. The molecule has 1 aliphatic rings. The van der Waals surface area contributed by atoms with Crippen molar-refractivity contribution >= 4 is 34.4 Å². The van der Waals surface area contributed by atoms with Gasteiger partial charge in [0, 0.05) is 6.42 Å². The Bertz CT molecular complexity index is 1220. The maximum atomic E-state index is 11.9. The maximum absolute atomic E-state index is 11.9. The van der Waals surface area contributed by atoms with E-state index in [0.717, 1.165) is 4.57 Å². The van der Waals surface area contributed by atoms with Gasteiger partial charge < -0.3 is 44.2 Å². The molecular weight excluding hydrogens is 505 g/mol. The highest BCUT2D eigenvalue weighted by Crippen LogP contribution is 2.66. The molecule has 18 nitrogen and oxygen atoms in total. The lowest BCUT2D eigenvalue weighted by molar-refractivity contribution is -0.168. The molecule has 3 rings (SSSR count). The second kappa shape index (κ2) is 8.68. The summed E-state index contributed by atoms with van der Waals surface area (Å²) in [5.74, 6) is 0.194. The fraction of sp³-hybridized carbons (Fsp3) is 0.545. The van der Waals surface area contributed by atoms with Crippen LogP contribution in [0.25, 0.3) is 11.2 Å². The van der Waals surface area contributed by atoms with Crippen molar-refractivity contribution in [2.75, 3.05) is 6.35 Å². The standard InChI is InChI=1S/C11H17N4O14P3/c1-4-12-8-7(9(17)13-4)14-11(18)15(8)6-2-5(16)10(27-6)26-3-30(19,20)28-32(24,25)29-31(21,22)23/h5-6,10,16H,2-3H2,1H3,(H,14,18)(H,19,20)(H,24,25)(H,12,13,17)(H2,21,22,23)/t5-,6-,10+/m1/s1. The van der Waals surface area contributed by atoms with Crippen LogP contribution in [0.1, 0.15) is 18.5 Å². The number of nitrogens with zero attached hydrogens (tertiary/aromatic N) is 3. The second-order valence-electron chi connectivity index (χ2n) is 6.42. The number of fused-ring (bicyclic) bond motifs is 1. The minimum absolute atomic E-state index is 0.0754. The molecule has 1 aliphatic heterocycles. The Labute approximate surface area is 176 Å². The molecule has 21 heteroatoms. The van der Waals surface area contributed by atoms with E-state index in [9.17, 15) is 33.6 Å². The molecule has 0 saturated carbocycles. The summed E-state index contributed by atoms with van der Waals surface area (Å²) < 4.78 is 52.4. The van der Waals surface area contributed by atoms with Gasteiger partial charge in [0.15, 0.2) is 23.8 Å². The van der Waals surface area contributed by atoms with Crippen LogP contribution in [0.4, 0.5) is 0 Å². The molecule has 3 heterocycles. The van der Waals surface area contributed by atoms with E-state index in [-0.39, 0.29) is 23.4 Å². The van der Waals surface area contributed by atoms with E-state index in [4.69, 9.17) is 24.2 Å². The second-order valence-corrected chi connectivity index (χ2v) is 11.2. The zero-order valence-electron chi connectivity index (χ0n) is 15.8. The highest BCUT2D eigenvalue weighted by Gasteiger charge is 2.43. The summed E-state index contributed by atoms with van der Waals surface area (Å²) in [6.45, 7) is 1.47. The van der Waals surface area contributed by atoms with Gasteiger partial charge in [-0.3, -0.25) is 13.9 Å². The first-order chi connectivity index (χ1) is 14.6. The third-order valence-corrected chi connectivity index (χ3v) is 7.83. The molecule has 1 fully saturated rings. The number of imidazole rings is 1. The van der Waals surface area contributed by atoms with E-state index in [1.165, 1.54) is 6.92 Å². The molecule has 32 heavy (non-hydrogen) atoms. The van der Waals surface area contributed by atoms with Gasteiger partial charge in [-0.2, -0.15) is 9.29 Å². The number of aromatic amines is 1. The first-order valence-corrected chi connectivity index (χ1v) is 13.1. The van der Waals surface area contributed by atoms with Gasteiger partial charge in [-0.15, -0.1) is 0 Å². The third-order valence-electron chi connectivity index (χ3n) is 3.83. The summed E-state index contributed by atoms with van der Waals surface area (Å²) in [4.78, 5) is 57.8. The van der Waals surface area contributed by atoms with Gasteiger partial charge >= 0.3 is 23.2 Å². The highest BCUT2D eigenvalue weighted by molar-refractivity contribution is 7.68. The van der Waals surface area contributed by atoms with Crippen molar-refractivity contribution in [3.63, 3.8) is 0 Å². The first kappa shape index (κ1) is 25.1. The van der Waals surface area contributed by atoms with Crippen LogP contribution in [0.2, 0.25) is 0 Å². The predicted molar refractivity (Wildman–Crippen MR) is 98.9 cm³/mol. The monoisotopic (exact) mass is 522 g/mol. The Balaban J connectivity index is 1.71. The third kappa shape index (κ3) is 5.88. The van der Waals surface area contributed by atoms with Gasteiger partial charge in [0.25, 0.3) is 11.6 Å². The maximum Gasteiger partial charge on any atom is 0.488 e. The quantitative estimate of drug-likeness (QED) is 0.207. The number of aromatic nitrogens is 4. The molecule has 7 N–H and O–H groups in total. The Kier molecular flexibility index (Phi) is 6.81. The number of H-pyrrole nitrogens is 1. The Hall–Kier alpha value is -1.52. The molecular formula is C11H17N4O14P3. The molecule has 0 amide bonds. The van der Waals surface area contributed by atoms with Crippen LogP contribution in [-0.2, 0) is 31.8 Å². The van der Waals surface area contributed by atoms with Crippen molar-refractivity contribution < 1.29 is 61.6 Å². The summed E-state index contributed by atoms with van der Waals surface area (Å²) in [6.07, 6.45) is -5.87. The topological polar surface area (TPSA) is 273 Å². The highest BCUT2D eigenvalue weighted by atomic mass is 31.3. The molecule has 0 spiro atoms. The minimum Gasteiger partial charge on any atom is -0.480 e. The summed E-state index contributed by atoms with van der Waals surface area (Å²) in [7, 11) is -16.3. The van der Waals surface area contributed by atoms with Crippen LogP contribution in [0.3, 0.4) is 0 Å². The smallest absolute Gasteiger partial charge is 0.480 e. The summed E-state index contributed by atoms with van der Waals surface area (Å²) >= 11 is 0. The normalized spacial score (nSPS) is 25.6. The van der Waals surface area contributed by atoms with Crippen LogP contribution >= 0.6 is 23.2 Å². The van der Waals surface area contributed by atoms with Gasteiger partial charge in [0.05, 0.1) is 0 Å². The van der Waals surface area contributed by atoms with Crippen LogP contribution in [0, 0.1) is 6.92 Å². The average Bonchev–Trinajstić information content (AvgIpc) is 3.09. The number of phosphoric acid groups is 2. The largest absolute Gasteiger partial charge is 0.488 e. The van der Waals surface area contributed by atoms with Crippen molar-refractivity contribution in [2.24, 2.45) is 0 Å². The fourth-order valence-corrected chi connectivity index (χ4v) is 6.06. The summed E-state index contributed by atoms with van der Waals surface area (Å²) in [5, 5.41) is 20.2. The van der Waals surface area contributed by atoms with Crippen molar-refractivity contribution in [1.29, 1.82) is 0 Å². The molecule has 1 saturated heterocycles. The number of ether oxygens (including phenoxy) is 2. The number of aliphatic hydroxyl groups is 1. The number of hydrogen-bond acceptors (Lipinski definition) is 12. The van der Waals surface area contributed by atoms with Crippen LogP contribution < -0.4 is 5.56 Å². The number of aliphatic hydroxyl groups excluding tert-OH is 1. The van der Waals surface area contributed by atoms with E-state index < -0.39 is 59.8 Å². The molecule has 5 atom stereocenters. The molecule has 0 bridgehead atoms. The molecule has 0 aromatic carbocycles. The van der Waals surface area contributed by atoms with E-state index in [0.29, 0.717) is 0 Å². The van der Waals surface area contributed by atoms with Crippen molar-refractivity contribution in [3.05, 3.63) is 16.2 Å². The number of hydrogen-bond donors (Lipinski definition) is 7. The number of nitrogens with one attached hydrogen (secondary N) is 1. The van der Waals surface area contributed by atoms with Gasteiger partial charge in [-0.25, -0.2) is 18.4 Å². The molecule has 180 valence electrons. The molecule has 2 aromatic heterocycles. The van der Waals surface area contributed by atoms with E-state index in [1.807, 2.05) is 0 Å². The van der Waals surface area contributed by atoms with Gasteiger partial charge in [-0.1, -0.05) is 0 Å².